The molecule has 1 saturated heterocycles. The monoisotopic (exact) mass is 342 g/mol. The van der Waals surface area contributed by atoms with E-state index in [-0.39, 0.29) is 11.3 Å². The summed E-state index contributed by atoms with van der Waals surface area (Å²) in [6, 6.07) is 10.8. The second-order valence-electron chi connectivity index (χ2n) is 5.82. The number of para-hydroxylation sites is 1. The molecule has 0 saturated carbocycles. The maximum Gasteiger partial charge on any atom is 0.339 e. The van der Waals surface area contributed by atoms with Crippen molar-refractivity contribution in [1.82, 2.24) is 9.88 Å². The van der Waals surface area contributed by atoms with Crippen molar-refractivity contribution < 1.29 is 19.4 Å². The molecule has 0 radical (unpaired) electrons. The zero-order valence-corrected chi connectivity index (χ0v) is 14.4. The fraction of sp³-hybridized carbons (Fsp3) is 0.316. The number of carboxylic acids is 1. The summed E-state index contributed by atoms with van der Waals surface area (Å²) in [5.74, 6) is -1.58. The van der Waals surface area contributed by atoms with Crippen LogP contribution in [-0.4, -0.2) is 40.5 Å². The normalized spacial score (nSPS) is 16.6. The average molecular weight is 342 g/mol. The maximum atomic E-state index is 10.6. The van der Waals surface area contributed by atoms with Gasteiger partial charge in [0.2, 0.25) is 0 Å². The van der Waals surface area contributed by atoms with E-state index in [4.69, 9.17) is 5.11 Å². The van der Waals surface area contributed by atoms with E-state index in [1.807, 2.05) is 18.5 Å². The van der Waals surface area contributed by atoms with E-state index in [0.29, 0.717) is 6.04 Å². The standard InChI is InChI=1S/C10H14N2.C9H8O4/c1-12-7-3-5-10(12)9-4-2-6-11-8-9;1-6(10)13-8-5-3-2-4-7(8)9(11)12/h2,4,6,8,10H,3,5,7H2,1H3;2-5H,1H3,(H,11,12)/t10-;/m0./s1. The summed E-state index contributed by atoms with van der Waals surface area (Å²) in [6.45, 7) is 2.44. The molecule has 0 amide bonds. The molecule has 2 heterocycles. The van der Waals surface area contributed by atoms with Gasteiger partial charge in [0.15, 0.2) is 0 Å². The van der Waals surface area contributed by atoms with Crippen LogP contribution >= 0.6 is 0 Å². The summed E-state index contributed by atoms with van der Waals surface area (Å²) >= 11 is 0. The number of ether oxygens (including phenoxy) is 1. The maximum absolute atomic E-state index is 10.6. The average Bonchev–Trinajstić information content (AvgIpc) is 3.02. The lowest BCUT2D eigenvalue weighted by Gasteiger charge is -2.18. The number of carboxylic acid groups (broad SMARTS) is 1. The molecule has 25 heavy (non-hydrogen) atoms. The Hall–Kier alpha value is -2.73. The predicted octanol–water partition coefficient (Wildman–Crippen LogP) is 3.16. The highest BCUT2D eigenvalue weighted by Gasteiger charge is 2.21. The zero-order chi connectivity index (χ0) is 18.2. The number of rotatable bonds is 3. The second-order valence-corrected chi connectivity index (χ2v) is 5.82. The Balaban J connectivity index is 0.000000181. The van der Waals surface area contributed by atoms with Crippen LogP contribution in [-0.2, 0) is 4.79 Å². The lowest BCUT2D eigenvalue weighted by molar-refractivity contribution is -0.131. The van der Waals surface area contributed by atoms with Gasteiger partial charge in [-0.15, -0.1) is 0 Å². The van der Waals surface area contributed by atoms with Crippen LogP contribution in [0.1, 0.15) is 41.7 Å². The van der Waals surface area contributed by atoms with E-state index in [0.717, 1.165) is 0 Å². The molecule has 132 valence electrons. The van der Waals surface area contributed by atoms with Crippen molar-refractivity contribution in [1.29, 1.82) is 0 Å². The van der Waals surface area contributed by atoms with Crippen molar-refractivity contribution in [2.75, 3.05) is 13.6 Å². The smallest absolute Gasteiger partial charge is 0.339 e. The van der Waals surface area contributed by atoms with Crippen molar-refractivity contribution in [2.24, 2.45) is 0 Å². The molecule has 6 heteroatoms. The molecule has 0 unspecified atom stereocenters. The van der Waals surface area contributed by atoms with Gasteiger partial charge in [-0.25, -0.2) is 4.79 Å². The van der Waals surface area contributed by atoms with Crippen LogP contribution in [0.15, 0.2) is 48.8 Å². The van der Waals surface area contributed by atoms with E-state index in [1.165, 1.54) is 44.0 Å². The summed E-state index contributed by atoms with van der Waals surface area (Å²) in [7, 11) is 2.19. The number of likely N-dealkylation sites (tertiary alicyclic amines) is 1. The molecule has 3 rings (SSSR count). The number of esters is 1. The highest BCUT2D eigenvalue weighted by Crippen LogP contribution is 2.29. The third-order valence-corrected chi connectivity index (χ3v) is 3.96. The van der Waals surface area contributed by atoms with Crippen LogP contribution in [0.25, 0.3) is 0 Å². The topological polar surface area (TPSA) is 79.7 Å². The zero-order valence-electron chi connectivity index (χ0n) is 14.4. The molecule has 0 bridgehead atoms. The Bertz CT molecular complexity index is 718. The predicted molar refractivity (Wildman–Crippen MR) is 93.6 cm³/mol. The summed E-state index contributed by atoms with van der Waals surface area (Å²) < 4.78 is 4.69. The number of carbonyl (C=O) groups is 2. The fourth-order valence-corrected chi connectivity index (χ4v) is 2.79. The van der Waals surface area contributed by atoms with Crippen molar-refractivity contribution >= 4 is 11.9 Å². The van der Waals surface area contributed by atoms with Crippen LogP contribution in [0, 0.1) is 0 Å². The molecule has 1 aliphatic rings. The molecule has 6 nitrogen and oxygen atoms in total. The SMILES string of the molecule is CC(=O)Oc1ccccc1C(=O)O.CN1CCC[C@H]1c1cccnc1. The molecular formula is C19H22N2O4. The Kier molecular flexibility index (Phi) is 6.65. The first-order valence-corrected chi connectivity index (χ1v) is 8.10. The van der Waals surface area contributed by atoms with Gasteiger partial charge < -0.3 is 9.84 Å². The quantitative estimate of drug-likeness (QED) is 0.682. The van der Waals surface area contributed by atoms with E-state index in [9.17, 15) is 9.59 Å². The number of pyridine rings is 1. The van der Waals surface area contributed by atoms with Gasteiger partial charge in [0, 0.05) is 25.4 Å². The van der Waals surface area contributed by atoms with E-state index < -0.39 is 11.9 Å². The first kappa shape index (κ1) is 18.6. The summed E-state index contributed by atoms with van der Waals surface area (Å²) in [5, 5.41) is 8.69. The minimum atomic E-state index is -1.11. The molecule has 1 aromatic carbocycles. The van der Waals surface area contributed by atoms with Gasteiger partial charge in [-0.05, 0) is 50.2 Å². The largest absolute Gasteiger partial charge is 0.478 e. The molecule has 1 atom stereocenters. The minimum absolute atomic E-state index is 0.0160. The van der Waals surface area contributed by atoms with Crippen LogP contribution in [0.2, 0.25) is 0 Å². The molecule has 1 aliphatic heterocycles. The first-order valence-electron chi connectivity index (χ1n) is 8.10. The number of benzene rings is 1. The van der Waals surface area contributed by atoms with Crippen molar-refractivity contribution in [2.45, 2.75) is 25.8 Å². The number of nitrogens with zero attached hydrogens (tertiary/aromatic N) is 2. The van der Waals surface area contributed by atoms with Crippen molar-refractivity contribution in [3.8, 4) is 5.75 Å². The van der Waals surface area contributed by atoms with E-state index in [2.05, 4.69) is 27.7 Å². The highest BCUT2D eigenvalue weighted by atomic mass is 16.5. The van der Waals surface area contributed by atoms with Gasteiger partial charge in [0.1, 0.15) is 11.3 Å². The second kappa shape index (κ2) is 8.94. The van der Waals surface area contributed by atoms with Crippen molar-refractivity contribution in [3.63, 3.8) is 0 Å². The van der Waals surface area contributed by atoms with Gasteiger partial charge >= 0.3 is 11.9 Å². The van der Waals surface area contributed by atoms with E-state index in [1.54, 1.807) is 12.1 Å². The molecule has 0 spiro atoms. The first-order chi connectivity index (χ1) is 12.0. The van der Waals surface area contributed by atoms with Gasteiger partial charge in [-0.2, -0.15) is 0 Å². The van der Waals surface area contributed by atoms with Crippen LogP contribution in [0.3, 0.4) is 0 Å². The van der Waals surface area contributed by atoms with Crippen LogP contribution in [0.4, 0.5) is 0 Å². The third kappa shape index (κ3) is 5.39. The summed E-state index contributed by atoms with van der Waals surface area (Å²) in [5.41, 5.74) is 1.34. The Morgan fingerprint density at radius 3 is 2.56 bits per heavy atom. The third-order valence-electron chi connectivity index (χ3n) is 3.96. The minimum Gasteiger partial charge on any atom is -0.478 e. The van der Waals surface area contributed by atoms with E-state index >= 15 is 0 Å². The van der Waals surface area contributed by atoms with Gasteiger partial charge in [0.25, 0.3) is 0 Å². The van der Waals surface area contributed by atoms with Crippen molar-refractivity contribution in [3.05, 3.63) is 59.9 Å². The Labute approximate surface area is 147 Å². The summed E-state index contributed by atoms with van der Waals surface area (Å²) in [6.07, 6.45) is 6.41. The van der Waals surface area contributed by atoms with Crippen LogP contribution < -0.4 is 4.74 Å². The number of hydrogen-bond acceptors (Lipinski definition) is 5. The number of aromatic carboxylic acids is 1. The summed E-state index contributed by atoms with van der Waals surface area (Å²) in [4.78, 5) is 27.7. The lowest BCUT2D eigenvalue weighted by Crippen LogP contribution is -2.17. The number of hydrogen-bond donors (Lipinski definition) is 1. The number of aromatic nitrogens is 1. The fourth-order valence-electron chi connectivity index (χ4n) is 2.79. The lowest BCUT2D eigenvalue weighted by atomic mass is 10.1. The Morgan fingerprint density at radius 1 is 1.24 bits per heavy atom. The number of carbonyl (C=O) groups excluding carboxylic acids is 1. The Morgan fingerprint density at radius 2 is 2.00 bits per heavy atom. The molecule has 0 aliphatic carbocycles. The van der Waals surface area contributed by atoms with Gasteiger partial charge in [0.05, 0.1) is 0 Å². The highest BCUT2D eigenvalue weighted by molar-refractivity contribution is 5.91. The van der Waals surface area contributed by atoms with Gasteiger partial charge in [-0.1, -0.05) is 18.2 Å². The molecule has 1 N–H and O–H groups in total. The molecular weight excluding hydrogens is 320 g/mol. The molecule has 1 aromatic heterocycles. The molecule has 2 aromatic rings. The molecule has 1 fully saturated rings. The van der Waals surface area contributed by atoms with Gasteiger partial charge in [-0.3, -0.25) is 14.7 Å². The van der Waals surface area contributed by atoms with Crippen LogP contribution in [0.5, 0.6) is 5.75 Å².